The van der Waals surface area contributed by atoms with E-state index in [9.17, 15) is 40.4 Å². The third kappa shape index (κ3) is 29.8. The Morgan fingerprint density at radius 3 is 1.57 bits per heavy atom. The molecule has 0 aromatic heterocycles. The van der Waals surface area contributed by atoms with Crippen molar-refractivity contribution >= 4 is 39.6 Å². The number of rotatable bonds is 42. The summed E-state index contributed by atoms with van der Waals surface area (Å²) in [6.45, 7) is 10.1. The second-order valence-corrected chi connectivity index (χ2v) is 16.5. The van der Waals surface area contributed by atoms with Crippen LogP contribution in [0.3, 0.4) is 0 Å². The van der Waals surface area contributed by atoms with Crippen LogP contribution in [0, 0.1) is 35.1 Å². The number of amidine groups is 1. The smallest absolute Gasteiger partial charge is 0.407 e. The van der Waals surface area contributed by atoms with E-state index in [0.717, 1.165) is 0 Å². The topological polar surface area (TPSA) is 318 Å². The number of nitrogens with two attached hydrogens (primary N) is 2. The lowest BCUT2D eigenvalue weighted by molar-refractivity contribution is -0.180. The van der Waals surface area contributed by atoms with E-state index in [1.165, 1.54) is 11.3 Å². The number of halogens is 4. The minimum Gasteiger partial charge on any atom is -0.447 e. The lowest BCUT2D eigenvalue weighted by Crippen LogP contribution is -2.34. The molecule has 2 rings (SSSR count). The molecule has 0 unspecified atom stereocenters. The number of nitrogens with zero attached hydrogens (tertiary/aromatic N) is 3. The molecule has 0 saturated carbocycles. The largest absolute Gasteiger partial charge is 0.447 e. The van der Waals surface area contributed by atoms with Gasteiger partial charge in [-0.05, 0) is 19.4 Å². The Labute approximate surface area is 444 Å². The number of esters is 1. The van der Waals surface area contributed by atoms with Crippen molar-refractivity contribution in [2.45, 2.75) is 38.0 Å². The number of ether oxygens (including phenoxy) is 12. The normalized spacial score (nSPS) is 13.7. The molecule has 30 heteroatoms. The Balaban J connectivity index is 1.31. The van der Waals surface area contributed by atoms with Crippen molar-refractivity contribution in [2.75, 3.05) is 165 Å². The number of alkyl carbamates (subject to hydrolysis) is 1. The maximum absolute atomic E-state index is 14.0. The summed E-state index contributed by atoms with van der Waals surface area (Å²) in [5.74, 6) is -7.23. The van der Waals surface area contributed by atoms with Crippen LogP contribution in [0.2, 0.25) is 0 Å². The molecule has 0 atom stereocenters. The molecule has 0 aliphatic carbocycles. The van der Waals surface area contributed by atoms with E-state index in [2.05, 4.69) is 31.9 Å². The zero-order valence-corrected chi connectivity index (χ0v) is 44.0. The molecule has 436 valence electrons. The van der Waals surface area contributed by atoms with Crippen LogP contribution in [0.15, 0.2) is 38.4 Å². The number of hydroxylamine groups is 2. The molecule has 1 aliphatic heterocycles. The number of hydrogen-bond acceptors (Lipinski definition) is 22. The first-order chi connectivity index (χ1) is 37.2. The quantitative estimate of drug-likeness (QED) is 0.0106. The van der Waals surface area contributed by atoms with Gasteiger partial charge in [-0.2, -0.15) is 17.2 Å². The van der Waals surface area contributed by atoms with Crippen LogP contribution in [0.5, 0.6) is 5.75 Å². The third-order valence-corrected chi connectivity index (χ3v) is 10.1. The van der Waals surface area contributed by atoms with E-state index in [1.54, 1.807) is 13.0 Å². The summed E-state index contributed by atoms with van der Waals surface area (Å²) in [7, 11) is -5.65. The van der Waals surface area contributed by atoms with Crippen molar-refractivity contribution in [3.05, 3.63) is 46.8 Å². The van der Waals surface area contributed by atoms with Gasteiger partial charge in [-0.25, -0.2) is 23.6 Å². The monoisotopic (exact) mass is 1130 g/mol. The number of aliphatic imine (C=N–C) groups is 2. The molecule has 77 heavy (non-hydrogen) atoms. The first kappa shape index (κ1) is 67.7. The van der Waals surface area contributed by atoms with Gasteiger partial charge in [0.15, 0.2) is 16.5 Å². The number of carbonyl (C=O) groups excluding carboxylic acids is 3. The molecule has 0 saturated heterocycles. The minimum atomic E-state index is -5.65. The lowest BCUT2D eigenvalue weighted by Gasteiger charge is -2.21. The molecule has 2 amide bonds. The fourth-order valence-corrected chi connectivity index (χ4v) is 6.41. The van der Waals surface area contributed by atoms with Crippen molar-refractivity contribution in [3.63, 3.8) is 0 Å². The Kier molecular flexibility index (Phi) is 36.6. The maximum atomic E-state index is 14.0. The number of hydrogen-bond donors (Lipinski definition) is 4. The van der Waals surface area contributed by atoms with E-state index >= 15 is 0 Å². The molecule has 1 heterocycles. The van der Waals surface area contributed by atoms with Gasteiger partial charge < -0.3 is 73.6 Å². The van der Waals surface area contributed by atoms with Gasteiger partial charge in [0.2, 0.25) is 17.4 Å². The van der Waals surface area contributed by atoms with E-state index in [-0.39, 0.29) is 77.5 Å². The SMILES string of the molecule is CCCN(OCC)C(=O)C1=CC(=NCC#CCNC(=O)OCCOCCOCCOCCOCCOCCOCCOCCOCCOCCOCCC(=O)Oc2c(F)c(F)c(S(=O)(=O)O)c(F)c2F)C(=CN)N=C(N)C1. The lowest BCUT2D eigenvalue weighted by atomic mass is 10.1. The predicted octanol–water partition coefficient (Wildman–Crippen LogP) is 1.80. The molecule has 6 N–H and O–H groups in total. The highest BCUT2D eigenvalue weighted by Crippen LogP contribution is 2.32. The fraction of sp³-hybridized carbons (Fsp3) is 0.638. The second kappa shape index (κ2) is 41.7. The zero-order valence-electron chi connectivity index (χ0n) is 43.2. The third-order valence-electron chi connectivity index (χ3n) is 9.27. The summed E-state index contributed by atoms with van der Waals surface area (Å²) in [6.07, 6.45) is 2.38. The summed E-state index contributed by atoms with van der Waals surface area (Å²) >= 11 is 0. The van der Waals surface area contributed by atoms with Gasteiger partial charge in [0.25, 0.3) is 5.91 Å². The Morgan fingerprint density at radius 1 is 0.714 bits per heavy atom. The molecular weight excluding hydrogens is 1060 g/mol. The van der Waals surface area contributed by atoms with Crippen LogP contribution in [-0.2, 0) is 76.7 Å². The van der Waals surface area contributed by atoms with Gasteiger partial charge in [-0.1, -0.05) is 18.8 Å². The molecule has 0 bridgehead atoms. The van der Waals surface area contributed by atoms with Gasteiger partial charge in [0.1, 0.15) is 24.7 Å². The molecule has 0 fully saturated rings. The Morgan fingerprint density at radius 2 is 1.16 bits per heavy atom. The van der Waals surface area contributed by atoms with Crippen LogP contribution in [0.25, 0.3) is 0 Å². The second-order valence-electron chi connectivity index (χ2n) is 15.1. The van der Waals surface area contributed by atoms with E-state index in [0.29, 0.717) is 129 Å². The van der Waals surface area contributed by atoms with Gasteiger partial charge >= 0.3 is 22.2 Å². The maximum Gasteiger partial charge on any atom is 0.407 e. The first-order valence-corrected chi connectivity index (χ1v) is 25.7. The summed E-state index contributed by atoms with van der Waals surface area (Å²) in [6, 6.07) is 0. The Bertz CT molecular complexity index is 2200. The van der Waals surface area contributed by atoms with Crippen LogP contribution in [0.1, 0.15) is 33.1 Å². The van der Waals surface area contributed by atoms with Gasteiger partial charge in [-0.15, -0.1) is 0 Å². The van der Waals surface area contributed by atoms with E-state index in [1.807, 2.05) is 6.92 Å². The van der Waals surface area contributed by atoms with Crippen molar-refractivity contribution in [3.8, 4) is 17.6 Å². The number of benzene rings is 1. The van der Waals surface area contributed by atoms with E-state index in [4.69, 9.17) is 73.0 Å². The van der Waals surface area contributed by atoms with Gasteiger partial charge in [-0.3, -0.25) is 24.0 Å². The molecule has 1 aromatic carbocycles. The van der Waals surface area contributed by atoms with Gasteiger partial charge in [0.05, 0.1) is 157 Å². The molecule has 1 aromatic rings. The summed E-state index contributed by atoms with van der Waals surface area (Å²) in [5, 5.41) is 3.81. The first-order valence-electron chi connectivity index (χ1n) is 24.3. The molecular formula is C47H70F4N6O19S. The highest BCUT2D eigenvalue weighted by Gasteiger charge is 2.34. The average Bonchev–Trinajstić information content (AvgIpc) is 3.56. The molecule has 1 aliphatic rings. The van der Waals surface area contributed by atoms with Crippen molar-refractivity contribution in [1.82, 2.24) is 10.4 Å². The van der Waals surface area contributed by atoms with Crippen molar-refractivity contribution in [2.24, 2.45) is 21.5 Å². The highest BCUT2D eigenvalue weighted by atomic mass is 32.2. The molecule has 0 spiro atoms. The van der Waals surface area contributed by atoms with Gasteiger partial charge in [0, 0.05) is 24.7 Å². The standard InChI is InChI=1S/C47H70F4N6O19S/c1-3-10-57(75-4-2)46(59)35-32-36(37(34-52)56-38(53)33-35)54-8-5-6-9-55-47(60)74-31-30-73-29-28-72-27-26-71-25-24-70-23-22-69-21-20-68-19-18-67-17-16-66-15-14-65-13-12-64-11-7-39(58)76-44-40(48)42(50)45(77(61,62)63)43(51)41(44)49/h32,34H,3-4,7-31,33,52H2,1-2H3,(H2,53,56)(H,55,60)(H,61,62,63). The van der Waals surface area contributed by atoms with Crippen LogP contribution in [-0.4, -0.2) is 213 Å². The Hall–Kier alpha value is -5.40. The van der Waals surface area contributed by atoms with E-state index < -0.39 is 62.5 Å². The summed E-state index contributed by atoms with van der Waals surface area (Å²) in [4.78, 5) is 48.8. The number of amides is 2. The molecule has 25 nitrogen and oxygen atoms in total. The highest BCUT2D eigenvalue weighted by molar-refractivity contribution is 7.85. The van der Waals surface area contributed by atoms with Crippen LogP contribution >= 0.6 is 0 Å². The number of allylic oxidation sites excluding steroid dienone is 1. The predicted molar refractivity (Wildman–Crippen MR) is 264 cm³/mol. The zero-order chi connectivity index (χ0) is 56.5. The summed E-state index contributed by atoms with van der Waals surface area (Å²) < 4.78 is 150. The fourth-order valence-electron chi connectivity index (χ4n) is 5.78. The molecule has 0 radical (unpaired) electrons. The van der Waals surface area contributed by atoms with Crippen molar-refractivity contribution in [1.29, 1.82) is 0 Å². The van der Waals surface area contributed by atoms with Crippen LogP contribution < -0.4 is 21.5 Å². The average molecular weight is 1130 g/mol. The van der Waals surface area contributed by atoms with Crippen molar-refractivity contribution < 1.29 is 107 Å². The van der Waals surface area contributed by atoms with Crippen LogP contribution in [0.4, 0.5) is 22.4 Å². The minimum absolute atomic E-state index is 0.0136. The number of nitrogens with one attached hydrogen (secondary N) is 1. The number of carbonyl (C=O) groups is 3. The summed E-state index contributed by atoms with van der Waals surface area (Å²) in [5.41, 5.74) is 12.8.